The third-order valence-corrected chi connectivity index (χ3v) is 5.48. The molecule has 5 nitrogen and oxygen atoms in total. The van der Waals surface area contributed by atoms with Gasteiger partial charge in [-0.25, -0.2) is 4.98 Å². The number of hydrogen-bond acceptors (Lipinski definition) is 5. The molecule has 1 aromatic carbocycles. The van der Waals surface area contributed by atoms with Crippen LogP contribution < -0.4 is 5.32 Å². The Balaban J connectivity index is 1.53. The van der Waals surface area contributed by atoms with Crippen molar-refractivity contribution in [1.29, 1.82) is 5.26 Å². The fraction of sp³-hybridized carbons (Fsp3) is 0.409. The Bertz CT molecular complexity index is 860. The Labute approximate surface area is 170 Å². The summed E-state index contributed by atoms with van der Waals surface area (Å²) in [6.45, 7) is 3.08. The Kier molecular flexibility index (Phi) is 7.07. The Morgan fingerprint density at radius 1 is 1.39 bits per heavy atom. The van der Waals surface area contributed by atoms with E-state index in [4.69, 9.17) is 4.74 Å². The van der Waals surface area contributed by atoms with Crippen LogP contribution in [0.5, 0.6) is 0 Å². The van der Waals surface area contributed by atoms with E-state index in [2.05, 4.69) is 16.4 Å². The van der Waals surface area contributed by atoms with Gasteiger partial charge in [0, 0.05) is 24.8 Å². The highest BCUT2D eigenvalue weighted by Gasteiger charge is 2.28. The molecule has 0 radical (unpaired) electrons. The van der Waals surface area contributed by atoms with E-state index in [1.807, 2.05) is 43.5 Å². The lowest BCUT2D eigenvalue weighted by Gasteiger charge is -2.14. The van der Waals surface area contributed by atoms with Crippen molar-refractivity contribution in [3.05, 3.63) is 58.8 Å². The van der Waals surface area contributed by atoms with Gasteiger partial charge in [0.1, 0.15) is 11.1 Å². The van der Waals surface area contributed by atoms with E-state index in [0.717, 1.165) is 24.1 Å². The number of hydrogen-bond donors (Lipinski definition) is 1. The minimum absolute atomic E-state index is 0.0209. The van der Waals surface area contributed by atoms with Crippen molar-refractivity contribution in [2.24, 2.45) is 0 Å². The second-order valence-electron chi connectivity index (χ2n) is 6.90. The van der Waals surface area contributed by atoms with Gasteiger partial charge >= 0.3 is 0 Å². The molecular formula is C22H25N3O2S. The van der Waals surface area contributed by atoms with Gasteiger partial charge in [-0.1, -0.05) is 30.3 Å². The zero-order valence-electron chi connectivity index (χ0n) is 16.3. The highest BCUT2D eigenvalue weighted by atomic mass is 32.2. The smallest absolute Gasteiger partial charge is 0.252 e. The summed E-state index contributed by atoms with van der Waals surface area (Å²) in [6.07, 6.45) is 4.82. The summed E-state index contributed by atoms with van der Waals surface area (Å²) in [6, 6.07) is 14.0. The fourth-order valence-corrected chi connectivity index (χ4v) is 3.57. The third kappa shape index (κ3) is 5.12. The molecule has 1 aliphatic carbocycles. The second kappa shape index (κ2) is 9.72. The van der Waals surface area contributed by atoms with Crippen molar-refractivity contribution in [2.45, 2.75) is 43.2 Å². The van der Waals surface area contributed by atoms with Crippen LogP contribution in [0.3, 0.4) is 0 Å². The number of nitrogens with one attached hydrogen (secondary N) is 1. The number of carbonyl (C=O) groups is 1. The van der Waals surface area contributed by atoms with Crippen LogP contribution in [0.25, 0.3) is 0 Å². The van der Waals surface area contributed by atoms with Crippen LogP contribution in [0.4, 0.5) is 0 Å². The van der Waals surface area contributed by atoms with Crippen LogP contribution in [-0.2, 0) is 4.74 Å². The summed E-state index contributed by atoms with van der Waals surface area (Å²) in [5, 5.41) is 13.1. The van der Waals surface area contributed by atoms with E-state index in [1.165, 1.54) is 11.8 Å². The van der Waals surface area contributed by atoms with E-state index in [-0.39, 0.29) is 12.0 Å². The summed E-state index contributed by atoms with van der Waals surface area (Å²) < 4.78 is 5.84. The maximum atomic E-state index is 12.7. The van der Waals surface area contributed by atoms with E-state index < -0.39 is 0 Å². The number of thioether (sulfide) groups is 1. The summed E-state index contributed by atoms with van der Waals surface area (Å²) in [4.78, 5) is 17.2. The predicted molar refractivity (Wildman–Crippen MR) is 110 cm³/mol. The van der Waals surface area contributed by atoms with E-state index >= 15 is 0 Å². The molecule has 1 atom stereocenters. The standard InChI is InChI=1S/C22H25N3O2S/c1-15(16-7-4-3-5-8-16)27-12-6-11-24-21(26)18-13-20(17-9-10-17)25-22(28-2)19(18)14-23/h3-5,7-8,13,15,17H,6,9-12H2,1-2H3,(H,24,26). The molecule has 1 unspecified atom stereocenters. The zero-order chi connectivity index (χ0) is 19.9. The van der Waals surface area contributed by atoms with E-state index in [1.54, 1.807) is 6.07 Å². The normalized spacial score (nSPS) is 14.3. The molecule has 1 saturated carbocycles. The van der Waals surface area contributed by atoms with Gasteiger partial charge < -0.3 is 10.1 Å². The van der Waals surface area contributed by atoms with E-state index in [0.29, 0.717) is 41.6 Å². The molecule has 1 heterocycles. The summed E-state index contributed by atoms with van der Waals surface area (Å²) in [5.41, 5.74) is 2.86. The van der Waals surface area contributed by atoms with Crippen LogP contribution in [-0.4, -0.2) is 30.3 Å². The first-order valence-corrected chi connectivity index (χ1v) is 10.8. The number of rotatable bonds is 9. The van der Waals surface area contributed by atoms with Gasteiger partial charge in [-0.15, -0.1) is 11.8 Å². The SMILES string of the molecule is CSc1nc(C2CC2)cc(C(=O)NCCCOC(C)c2ccccc2)c1C#N. The number of ether oxygens (including phenoxy) is 1. The number of pyridine rings is 1. The first-order valence-electron chi connectivity index (χ1n) is 9.57. The third-order valence-electron chi connectivity index (χ3n) is 4.79. The molecule has 1 aliphatic rings. The van der Waals surface area contributed by atoms with Crippen molar-refractivity contribution in [2.75, 3.05) is 19.4 Å². The Morgan fingerprint density at radius 3 is 2.79 bits per heavy atom. The molecule has 2 aromatic rings. The number of benzene rings is 1. The van der Waals surface area contributed by atoms with Gasteiger partial charge in [0.15, 0.2) is 0 Å². The number of carbonyl (C=O) groups excluding carboxylic acids is 1. The van der Waals surface area contributed by atoms with Gasteiger partial charge in [-0.05, 0) is 44.1 Å². The molecule has 1 fully saturated rings. The highest BCUT2D eigenvalue weighted by Crippen LogP contribution is 2.40. The molecule has 1 amide bonds. The van der Waals surface area contributed by atoms with Gasteiger partial charge in [-0.2, -0.15) is 5.26 Å². The van der Waals surface area contributed by atoms with Gasteiger partial charge in [0.2, 0.25) is 0 Å². The number of nitrogens with zero attached hydrogens (tertiary/aromatic N) is 2. The maximum absolute atomic E-state index is 12.7. The van der Waals surface area contributed by atoms with Crippen LogP contribution in [0.2, 0.25) is 0 Å². The largest absolute Gasteiger partial charge is 0.374 e. The number of amides is 1. The lowest BCUT2D eigenvalue weighted by Crippen LogP contribution is -2.26. The van der Waals surface area contributed by atoms with Gasteiger partial charge in [-0.3, -0.25) is 4.79 Å². The quantitative estimate of drug-likeness (QED) is 0.501. The molecule has 0 bridgehead atoms. The Hall–Kier alpha value is -2.36. The fourth-order valence-electron chi connectivity index (χ4n) is 3.01. The van der Waals surface area contributed by atoms with Crippen molar-refractivity contribution < 1.29 is 9.53 Å². The summed E-state index contributed by atoms with van der Waals surface area (Å²) in [7, 11) is 0. The van der Waals surface area contributed by atoms with Crippen LogP contribution in [0.15, 0.2) is 41.4 Å². The first kappa shape index (κ1) is 20.4. The second-order valence-corrected chi connectivity index (χ2v) is 7.69. The minimum atomic E-state index is -0.216. The molecule has 1 aromatic heterocycles. The number of nitriles is 1. The van der Waals surface area contributed by atoms with Crippen LogP contribution in [0, 0.1) is 11.3 Å². The molecule has 0 aliphatic heterocycles. The molecule has 0 saturated heterocycles. The topological polar surface area (TPSA) is 75.0 Å². The lowest BCUT2D eigenvalue weighted by molar-refractivity contribution is 0.0635. The molecule has 3 rings (SSSR count). The zero-order valence-corrected chi connectivity index (χ0v) is 17.1. The van der Waals surface area contributed by atoms with Crippen LogP contribution in [0.1, 0.15) is 65.4 Å². The molecule has 28 heavy (non-hydrogen) atoms. The number of aromatic nitrogens is 1. The maximum Gasteiger partial charge on any atom is 0.252 e. The molecule has 0 spiro atoms. The minimum Gasteiger partial charge on any atom is -0.374 e. The van der Waals surface area contributed by atoms with E-state index in [9.17, 15) is 10.1 Å². The van der Waals surface area contributed by atoms with Crippen molar-refractivity contribution >= 4 is 17.7 Å². The average molecular weight is 396 g/mol. The van der Waals surface area contributed by atoms with Gasteiger partial charge in [0.05, 0.1) is 17.2 Å². The highest BCUT2D eigenvalue weighted by molar-refractivity contribution is 7.98. The molecule has 1 N–H and O–H groups in total. The lowest BCUT2D eigenvalue weighted by atomic mass is 10.1. The van der Waals surface area contributed by atoms with Gasteiger partial charge in [0.25, 0.3) is 5.91 Å². The summed E-state index contributed by atoms with van der Waals surface area (Å²) in [5.74, 6) is 0.213. The predicted octanol–water partition coefficient (Wildman–Crippen LogP) is 4.45. The molecule has 146 valence electrons. The van der Waals surface area contributed by atoms with Crippen molar-refractivity contribution in [1.82, 2.24) is 10.3 Å². The average Bonchev–Trinajstić information content (AvgIpc) is 3.58. The van der Waals surface area contributed by atoms with Crippen LogP contribution >= 0.6 is 11.8 Å². The molecule has 6 heteroatoms. The monoisotopic (exact) mass is 395 g/mol. The first-order chi connectivity index (χ1) is 13.6. The van der Waals surface area contributed by atoms with Crippen molar-refractivity contribution in [3.8, 4) is 6.07 Å². The summed E-state index contributed by atoms with van der Waals surface area (Å²) >= 11 is 1.41. The Morgan fingerprint density at radius 2 is 2.14 bits per heavy atom. The van der Waals surface area contributed by atoms with Crippen molar-refractivity contribution in [3.63, 3.8) is 0 Å². The molecular weight excluding hydrogens is 370 g/mol.